The number of carbonyl (C=O) groups excluding carboxylic acids is 2. The van der Waals surface area contributed by atoms with Crippen LogP contribution in [0, 0.1) is 12.8 Å². The van der Waals surface area contributed by atoms with E-state index in [1.807, 2.05) is 49.5 Å². The van der Waals surface area contributed by atoms with Crippen LogP contribution in [0.2, 0.25) is 0 Å². The summed E-state index contributed by atoms with van der Waals surface area (Å²) >= 11 is 0. The van der Waals surface area contributed by atoms with Crippen molar-refractivity contribution in [3.05, 3.63) is 65.6 Å². The van der Waals surface area contributed by atoms with Crippen molar-refractivity contribution in [2.75, 3.05) is 32.5 Å². The lowest BCUT2D eigenvalue weighted by Gasteiger charge is -2.39. The van der Waals surface area contributed by atoms with Gasteiger partial charge in [-0.25, -0.2) is 14.8 Å². The van der Waals surface area contributed by atoms with E-state index in [1.165, 1.54) is 0 Å². The van der Waals surface area contributed by atoms with Gasteiger partial charge in [-0.15, -0.1) is 5.48 Å². The van der Waals surface area contributed by atoms with Crippen molar-refractivity contribution in [2.24, 2.45) is 10.9 Å². The first-order valence-electron chi connectivity index (χ1n) is 10.7. The summed E-state index contributed by atoms with van der Waals surface area (Å²) < 4.78 is 1.75. The van der Waals surface area contributed by atoms with Crippen LogP contribution in [0.4, 0.5) is 10.5 Å². The number of likely N-dealkylation sites (tertiary alicyclic amines) is 1. The standard InChI is InChI=1S/C23H25N7O3/c1-14-7-8-15(20-26-22(33-27-20)16-12-29(13-16)23(32)28(2)3)10-17(14)25-21(31)18-11-24-19-6-4-5-9-30(18)19/h4-11,16,20,27H,12-13H2,1-3H3,(H,25,31). The molecule has 3 amide bonds. The number of urea groups is 1. The van der Waals surface area contributed by atoms with Gasteiger partial charge in [0.25, 0.3) is 5.91 Å². The minimum atomic E-state index is -0.384. The average Bonchev–Trinajstić information content (AvgIpc) is 3.41. The molecule has 2 aliphatic heterocycles. The molecule has 170 valence electrons. The molecule has 0 bridgehead atoms. The van der Waals surface area contributed by atoms with E-state index >= 15 is 0 Å². The van der Waals surface area contributed by atoms with E-state index in [4.69, 9.17) is 4.84 Å². The van der Waals surface area contributed by atoms with Crippen LogP contribution in [0.1, 0.15) is 27.8 Å². The molecule has 0 aliphatic carbocycles. The third kappa shape index (κ3) is 3.89. The number of anilines is 1. The number of aryl methyl sites for hydroxylation is 1. The summed E-state index contributed by atoms with van der Waals surface area (Å²) in [6.07, 6.45) is 2.99. The second-order valence-corrected chi connectivity index (χ2v) is 8.47. The number of amides is 3. The molecule has 10 nitrogen and oxygen atoms in total. The van der Waals surface area contributed by atoms with Gasteiger partial charge in [0.15, 0.2) is 6.17 Å². The smallest absolute Gasteiger partial charge is 0.319 e. The van der Waals surface area contributed by atoms with Crippen molar-refractivity contribution in [1.82, 2.24) is 24.7 Å². The van der Waals surface area contributed by atoms with Crippen LogP contribution in [0.25, 0.3) is 5.65 Å². The molecule has 33 heavy (non-hydrogen) atoms. The quantitative estimate of drug-likeness (QED) is 0.639. The number of carbonyl (C=O) groups is 2. The van der Waals surface area contributed by atoms with Crippen LogP contribution in [0.3, 0.4) is 0 Å². The highest BCUT2D eigenvalue weighted by atomic mass is 16.7. The molecule has 5 rings (SSSR count). The van der Waals surface area contributed by atoms with Crippen molar-refractivity contribution in [1.29, 1.82) is 0 Å². The van der Waals surface area contributed by atoms with E-state index in [-0.39, 0.29) is 24.0 Å². The van der Waals surface area contributed by atoms with Crippen molar-refractivity contribution >= 4 is 29.2 Å². The van der Waals surface area contributed by atoms with Gasteiger partial charge in [0.1, 0.15) is 11.3 Å². The maximum absolute atomic E-state index is 12.9. The molecule has 4 heterocycles. The van der Waals surface area contributed by atoms with E-state index < -0.39 is 0 Å². The Hall–Kier alpha value is -3.92. The van der Waals surface area contributed by atoms with Gasteiger partial charge >= 0.3 is 6.03 Å². The fourth-order valence-corrected chi connectivity index (χ4v) is 3.93. The van der Waals surface area contributed by atoms with Gasteiger partial charge in [-0.3, -0.25) is 9.20 Å². The first kappa shape index (κ1) is 21.0. The first-order valence-corrected chi connectivity index (χ1v) is 10.7. The third-order valence-corrected chi connectivity index (χ3v) is 5.89. The summed E-state index contributed by atoms with van der Waals surface area (Å²) in [5.74, 6) is 0.430. The molecule has 0 saturated carbocycles. The summed E-state index contributed by atoms with van der Waals surface area (Å²) in [5.41, 5.74) is 6.61. The van der Waals surface area contributed by atoms with E-state index in [2.05, 4.69) is 20.8 Å². The SMILES string of the molecule is Cc1ccc(C2N=C(C3CN(C(=O)N(C)C)C3)ON2)cc1NC(=O)c1cnc2ccccn12. The van der Waals surface area contributed by atoms with E-state index in [0.29, 0.717) is 36.0 Å². The minimum absolute atomic E-state index is 0.0146. The monoisotopic (exact) mass is 447 g/mol. The number of hydrogen-bond donors (Lipinski definition) is 2. The zero-order valence-corrected chi connectivity index (χ0v) is 18.6. The van der Waals surface area contributed by atoms with Crippen LogP contribution >= 0.6 is 0 Å². The van der Waals surface area contributed by atoms with Crippen molar-refractivity contribution < 1.29 is 14.4 Å². The molecular formula is C23H25N7O3. The molecule has 0 spiro atoms. The number of nitrogens with zero attached hydrogens (tertiary/aromatic N) is 5. The number of aliphatic imine (C=N–C) groups is 1. The molecule has 1 saturated heterocycles. The Morgan fingerprint density at radius 1 is 1.21 bits per heavy atom. The Bertz CT molecular complexity index is 1260. The number of benzene rings is 1. The van der Waals surface area contributed by atoms with Crippen LogP contribution in [-0.2, 0) is 4.84 Å². The molecule has 2 aliphatic rings. The molecule has 1 atom stereocenters. The van der Waals surface area contributed by atoms with Gasteiger partial charge < -0.3 is 20.0 Å². The second kappa shape index (κ2) is 8.21. The topological polar surface area (TPSA) is 104 Å². The van der Waals surface area contributed by atoms with E-state index in [9.17, 15) is 9.59 Å². The van der Waals surface area contributed by atoms with Gasteiger partial charge in [-0.05, 0) is 36.2 Å². The van der Waals surface area contributed by atoms with Crippen molar-refractivity contribution in [2.45, 2.75) is 13.1 Å². The Morgan fingerprint density at radius 3 is 2.82 bits per heavy atom. The molecule has 2 aromatic heterocycles. The van der Waals surface area contributed by atoms with Crippen LogP contribution in [0.15, 0.2) is 53.8 Å². The summed E-state index contributed by atoms with van der Waals surface area (Å²) in [6.45, 7) is 3.10. The largest absolute Gasteiger partial charge is 0.391 e. The predicted molar refractivity (Wildman–Crippen MR) is 123 cm³/mol. The highest BCUT2D eigenvalue weighted by molar-refractivity contribution is 6.04. The van der Waals surface area contributed by atoms with Crippen molar-refractivity contribution in [3.63, 3.8) is 0 Å². The molecule has 1 unspecified atom stereocenters. The maximum Gasteiger partial charge on any atom is 0.319 e. The highest BCUT2D eigenvalue weighted by Gasteiger charge is 2.39. The average molecular weight is 447 g/mol. The van der Waals surface area contributed by atoms with Gasteiger partial charge in [0, 0.05) is 39.1 Å². The lowest BCUT2D eigenvalue weighted by atomic mass is 10.0. The highest BCUT2D eigenvalue weighted by Crippen LogP contribution is 2.28. The number of fused-ring (bicyclic) bond motifs is 1. The Kier molecular flexibility index (Phi) is 5.21. The fraction of sp³-hybridized carbons (Fsp3) is 0.304. The molecule has 1 fully saturated rings. The number of rotatable bonds is 4. The van der Waals surface area contributed by atoms with Gasteiger partial charge in [-0.1, -0.05) is 18.2 Å². The van der Waals surface area contributed by atoms with Gasteiger partial charge in [-0.2, -0.15) is 0 Å². The lowest BCUT2D eigenvalue weighted by Crippen LogP contribution is -2.56. The molecule has 2 N–H and O–H groups in total. The van der Waals surface area contributed by atoms with Gasteiger partial charge in [0.2, 0.25) is 5.90 Å². The summed E-state index contributed by atoms with van der Waals surface area (Å²) in [6, 6.07) is 11.4. The Morgan fingerprint density at radius 2 is 2.03 bits per heavy atom. The van der Waals surface area contributed by atoms with E-state index in [0.717, 1.165) is 11.1 Å². The lowest BCUT2D eigenvalue weighted by molar-refractivity contribution is 0.102. The van der Waals surface area contributed by atoms with Crippen LogP contribution < -0.4 is 10.8 Å². The zero-order valence-electron chi connectivity index (χ0n) is 18.6. The van der Waals surface area contributed by atoms with Crippen LogP contribution in [0.5, 0.6) is 0 Å². The van der Waals surface area contributed by atoms with E-state index in [1.54, 1.807) is 34.5 Å². The number of aromatic nitrogens is 2. The Labute approximate surface area is 190 Å². The minimum Gasteiger partial charge on any atom is -0.391 e. The second-order valence-electron chi connectivity index (χ2n) is 8.47. The number of nitrogens with one attached hydrogen (secondary N) is 2. The molecular weight excluding hydrogens is 422 g/mol. The van der Waals surface area contributed by atoms with Gasteiger partial charge in [0.05, 0.1) is 12.1 Å². The zero-order chi connectivity index (χ0) is 23.1. The molecule has 10 heteroatoms. The number of pyridine rings is 1. The van der Waals surface area contributed by atoms with Crippen molar-refractivity contribution in [3.8, 4) is 0 Å². The molecule has 1 aromatic carbocycles. The maximum atomic E-state index is 12.9. The fourth-order valence-electron chi connectivity index (χ4n) is 3.93. The summed E-state index contributed by atoms with van der Waals surface area (Å²) in [4.78, 5) is 42.8. The van der Waals surface area contributed by atoms with Crippen LogP contribution in [-0.4, -0.2) is 64.2 Å². The number of hydroxylamine groups is 1. The molecule has 0 radical (unpaired) electrons. The predicted octanol–water partition coefficient (Wildman–Crippen LogP) is 2.44. The Balaban J connectivity index is 1.29. The third-order valence-electron chi connectivity index (χ3n) is 5.89. The first-order chi connectivity index (χ1) is 15.9. The summed E-state index contributed by atoms with van der Waals surface area (Å²) in [5, 5.41) is 2.99. The number of hydrogen-bond acceptors (Lipinski definition) is 6. The number of imidazole rings is 1. The summed E-state index contributed by atoms with van der Waals surface area (Å²) in [7, 11) is 3.47. The normalized spacial score (nSPS) is 18.0. The molecule has 3 aromatic rings.